The summed E-state index contributed by atoms with van der Waals surface area (Å²) >= 11 is 0. The van der Waals surface area contributed by atoms with Crippen molar-refractivity contribution < 1.29 is 32.9 Å². The molecule has 8 nitrogen and oxygen atoms in total. The molecule has 0 aromatic heterocycles. The van der Waals surface area contributed by atoms with Crippen LogP contribution in [0.2, 0.25) is 0 Å². The third-order valence-electron chi connectivity index (χ3n) is 14.7. The number of rotatable bonds is 59. The highest BCUT2D eigenvalue weighted by atomic mass is 31.2. The molecule has 9 heteroatoms. The molecule has 0 aliphatic carbocycles. The van der Waals surface area contributed by atoms with Crippen LogP contribution in [0.3, 0.4) is 0 Å². The summed E-state index contributed by atoms with van der Waals surface area (Å²) in [6, 6.07) is -0.859. The van der Waals surface area contributed by atoms with Crippen LogP contribution in [0.5, 0.6) is 0 Å². The number of phosphoric acid groups is 1. The number of aliphatic hydroxyl groups is 1. The van der Waals surface area contributed by atoms with E-state index in [0.29, 0.717) is 17.4 Å². The molecule has 3 unspecified atom stereocenters. The average Bonchev–Trinajstić information content (AvgIpc) is 3.34. The van der Waals surface area contributed by atoms with Crippen LogP contribution in [0.15, 0.2) is 24.3 Å². The summed E-state index contributed by atoms with van der Waals surface area (Å²) in [4.78, 5) is 23.2. The van der Waals surface area contributed by atoms with Crippen LogP contribution in [-0.4, -0.2) is 73.4 Å². The van der Waals surface area contributed by atoms with Gasteiger partial charge in [-0.05, 0) is 32.1 Å². The Morgan fingerprint density at radius 3 is 1.11 bits per heavy atom. The van der Waals surface area contributed by atoms with Gasteiger partial charge in [-0.2, -0.15) is 0 Å². The summed E-state index contributed by atoms with van der Waals surface area (Å²) in [6.07, 6.45) is 70.6. The number of carbonyl (C=O) groups is 1. The summed E-state index contributed by atoms with van der Waals surface area (Å²) in [5, 5.41) is 13.9. The van der Waals surface area contributed by atoms with Gasteiger partial charge in [0.15, 0.2) is 0 Å². The van der Waals surface area contributed by atoms with Gasteiger partial charge in [-0.3, -0.25) is 13.8 Å². The van der Waals surface area contributed by atoms with Gasteiger partial charge >= 0.3 is 7.82 Å². The number of aliphatic hydroxyl groups excluding tert-OH is 1. The summed E-state index contributed by atoms with van der Waals surface area (Å²) < 4.78 is 23.6. The second-order valence-corrected chi connectivity index (χ2v) is 24.6. The molecule has 0 aromatic rings. The first-order valence-electron chi connectivity index (χ1n) is 31.7. The second-order valence-electron chi connectivity index (χ2n) is 23.1. The molecule has 0 saturated carbocycles. The van der Waals surface area contributed by atoms with Gasteiger partial charge in [0, 0.05) is 6.42 Å². The van der Waals surface area contributed by atoms with E-state index in [9.17, 15) is 19.4 Å². The van der Waals surface area contributed by atoms with Crippen molar-refractivity contribution >= 4 is 13.7 Å². The Bertz CT molecular complexity index is 1220. The lowest BCUT2D eigenvalue weighted by Gasteiger charge is -2.25. The van der Waals surface area contributed by atoms with Crippen molar-refractivity contribution in [3.8, 4) is 0 Å². The fraction of sp³-hybridized carbons (Fsp3) is 0.921. The number of likely N-dealkylation sites (N-methyl/N-ethyl adjacent to an activating group) is 1. The van der Waals surface area contributed by atoms with E-state index in [1.165, 1.54) is 263 Å². The molecule has 428 valence electrons. The molecule has 0 aliphatic rings. The Morgan fingerprint density at radius 1 is 0.458 bits per heavy atom. The number of carbonyl (C=O) groups excluding carboxylic acids is 1. The number of allylic oxidation sites excluding steroid dienone is 3. The van der Waals surface area contributed by atoms with Crippen molar-refractivity contribution in [2.24, 2.45) is 0 Å². The zero-order valence-electron chi connectivity index (χ0n) is 48.9. The number of hydrogen-bond donors (Lipinski definition) is 3. The topological polar surface area (TPSA) is 105 Å². The second kappa shape index (κ2) is 54.8. The molecule has 0 aromatic carbocycles. The standard InChI is InChI=1S/C63H125N2O6P/c1-6-8-10-12-14-16-18-20-21-22-23-24-25-26-27-28-29-30-31-32-33-34-35-36-37-38-39-40-41-42-43-44-45-47-49-51-53-55-57-63(67)64-61(60-71-72(68,69)70-59-58-65(3,4)5)62(66)56-54-52-50-48-46-19-17-15-13-11-9-7-2/h46,48,54,56,61-62,66H,6-45,47,49-53,55,57-60H2,1-5H3,(H-,64,67,68,69)/p+1/b48-46+,56-54+. The molecular formula is C63H126N2O6P+. The van der Waals surface area contributed by atoms with Crippen molar-refractivity contribution in [3.05, 3.63) is 24.3 Å². The molecule has 3 N–H and O–H groups in total. The molecule has 0 saturated heterocycles. The lowest BCUT2D eigenvalue weighted by Crippen LogP contribution is -2.45. The third-order valence-corrected chi connectivity index (χ3v) is 15.7. The summed E-state index contributed by atoms with van der Waals surface area (Å²) in [5.74, 6) is -0.182. The zero-order chi connectivity index (χ0) is 52.7. The molecule has 1 amide bonds. The largest absolute Gasteiger partial charge is 0.472 e. The highest BCUT2D eigenvalue weighted by Gasteiger charge is 2.27. The van der Waals surface area contributed by atoms with Crippen molar-refractivity contribution in [2.75, 3.05) is 40.9 Å². The Labute approximate surface area is 449 Å². The fourth-order valence-corrected chi connectivity index (χ4v) is 10.4. The van der Waals surface area contributed by atoms with Crippen LogP contribution in [0, 0.1) is 0 Å². The number of phosphoric ester groups is 1. The normalized spacial score (nSPS) is 13.9. The van der Waals surface area contributed by atoms with Gasteiger partial charge in [-0.25, -0.2) is 4.57 Å². The Morgan fingerprint density at radius 2 is 0.764 bits per heavy atom. The molecule has 0 spiro atoms. The predicted molar refractivity (Wildman–Crippen MR) is 314 cm³/mol. The van der Waals surface area contributed by atoms with E-state index in [4.69, 9.17) is 9.05 Å². The predicted octanol–water partition coefficient (Wildman–Crippen LogP) is 19.5. The smallest absolute Gasteiger partial charge is 0.387 e. The van der Waals surface area contributed by atoms with Crippen LogP contribution in [0.4, 0.5) is 0 Å². The van der Waals surface area contributed by atoms with Crippen molar-refractivity contribution in [1.29, 1.82) is 0 Å². The lowest BCUT2D eigenvalue weighted by atomic mass is 10.0. The monoisotopic (exact) mass is 1040 g/mol. The molecule has 72 heavy (non-hydrogen) atoms. The SMILES string of the molecule is CCCCCCCC/C=C/CC/C=C/C(O)C(COP(=O)(O)OCC[N+](C)(C)C)NC(=O)CCCCCCCCCCCCCCCCCCCCCCCCCCCCCCCCCCCCCCCC. The van der Waals surface area contributed by atoms with Crippen LogP contribution in [0.25, 0.3) is 0 Å². The van der Waals surface area contributed by atoms with E-state index in [0.717, 1.165) is 38.5 Å². The summed E-state index contributed by atoms with van der Waals surface area (Å²) in [6.45, 7) is 4.81. The van der Waals surface area contributed by atoms with Crippen molar-refractivity contribution in [3.63, 3.8) is 0 Å². The van der Waals surface area contributed by atoms with Crippen LogP contribution < -0.4 is 5.32 Å². The molecule has 0 heterocycles. The van der Waals surface area contributed by atoms with Gasteiger partial charge < -0.3 is 19.8 Å². The highest BCUT2D eigenvalue weighted by Crippen LogP contribution is 2.43. The van der Waals surface area contributed by atoms with Crippen LogP contribution in [-0.2, 0) is 18.4 Å². The van der Waals surface area contributed by atoms with Gasteiger partial charge in [0.25, 0.3) is 0 Å². The van der Waals surface area contributed by atoms with Crippen LogP contribution >= 0.6 is 7.82 Å². The maximum absolute atomic E-state index is 13.0. The van der Waals surface area contributed by atoms with E-state index < -0.39 is 20.0 Å². The quantitative estimate of drug-likeness (QED) is 0.0243. The fourth-order valence-electron chi connectivity index (χ4n) is 9.71. The highest BCUT2D eigenvalue weighted by molar-refractivity contribution is 7.47. The van der Waals surface area contributed by atoms with Crippen LogP contribution in [0.1, 0.15) is 322 Å². The minimum absolute atomic E-state index is 0.0584. The molecule has 0 bridgehead atoms. The van der Waals surface area contributed by atoms with E-state index in [1.807, 2.05) is 27.2 Å². The van der Waals surface area contributed by atoms with E-state index >= 15 is 0 Å². The first-order valence-corrected chi connectivity index (χ1v) is 33.2. The Kier molecular flexibility index (Phi) is 54.0. The summed E-state index contributed by atoms with van der Waals surface area (Å²) in [5.41, 5.74) is 0. The van der Waals surface area contributed by atoms with Gasteiger partial charge in [0.1, 0.15) is 13.2 Å². The molecule has 0 rings (SSSR count). The number of hydrogen-bond acceptors (Lipinski definition) is 5. The summed E-state index contributed by atoms with van der Waals surface area (Å²) in [7, 11) is 1.57. The van der Waals surface area contributed by atoms with Crippen molar-refractivity contribution in [2.45, 2.75) is 334 Å². The maximum Gasteiger partial charge on any atom is 0.472 e. The van der Waals surface area contributed by atoms with Crippen molar-refractivity contribution in [1.82, 2.24) is 5.32 Å². The van der Waals surface area contributed by atoms with Gasteiger partial charge in [0.2, 0.25) is 5.91 Å². The number of nitrogens with zero attached hydrogens (tertiary/aromatic N) is 1. The first kappa shape index (κ1) is 71.0. The Balaban J connectivity index is 3.84. The van der Waals surface area contributed by atoms with Gasteiger partial charge in [0.05, 0.1) is 39.9 Å². The zero-order valence-corrected chi connectivity index (χ0v) is 49.8. The minimum atomic E-state index is -4.35. The van der Waals surface area contributed by atoms with E-state index in [1.54, 1.807) is 6.08 Å². The molecule has 0 fully saturated rings. The van der Waals surface area contributed by atoms with Gasteiger partial charge in [-0.15, -0.1) is 0 Å². The minimum Gasteiger partial charge on any atom is -0.387 e. The number of nitrogens with one attached hydrogen (secondary N) is 1. The average molecular weight is 1040 g/mol. The number of amides is 1. The maximum atomic E-state index is 13.0. The number of quaternary nitrogens is 1. The molecule has 3 atom stereocenters. The first-order chi connectivity index (χ1) is 35.0. The molecular weight excluding hydrogens is 912 g/mol. The van der Waals surface area contributed by atoms with E-state index in [-0.39, 0.29) is 19.1 Å². The van der Waals surface area contributed by atoms with Gasteiger partial charge in [-0.1, -0.05) is 308 Å². The number of unbranched alkanes of at least 4 members (excludes halogenated alkanes) is 44. The molecule has 0 radical (unpaired) electrons. The molecule has 0 aliphatic heterocycles. The Hall–Kier alpha value is -1.02. The lowest BCUT2D eigenvalue weighted by molar-refractivity contribution is -0.870. The third kappa shape index (κ3) is 56.7. The van der Waals surface area contributed by atoms with E-state index in [2.05, 4.69) is 31.3 Å².